The van der Waals surface area contributed by atoms with E-state index in [-0.39, 0.29) is 11.6 Å². The van der Waals surface area contributed by atoms with Crippen molar-refractivity contribution < 1.29 is 19.1 Å². The molecule has 0 fully saturated rings. The number of ether oxygens (including phenoxy) is 1. The van der Waals surface area contributed by atoms with Crippen LogP contribution in [0, 0.1) is 0 Å². The van der Waals surface area contributed by atoms with Gasteiger partial charge in [0.05, 0.1) is 12.6 Å². The number of aliphatic hydroxyl groups excluding tert-OH is 1. The van der Waals surface area contributed by atoms with Gasteiger partial charge in [-0.25, -0.2) is 4.79 Å². The molecule has 0 aliphatic rings. The molecule has 0 aliphatic heterocycles. The Morgan fingerprint density at radius 1 is 0.935 bits per heavy atom. The van der Waals surface area contributed by atoms with Gasteiger partial charge in [-0.3, -0.25) is 0 Å². The van der Waals surface area contributed by atoms with E-state index in [1.165, 1.54) is 10.4 Å². The van der Waals surface area contributed by atoms with Gasteiger partial charge in [0.15, 0.2) is 0 Å². The Kier molecular flexibility index (Phi) is 8.46. The van der Waals surface area contributed by atoms with E-state index in [0.29, 0.717) is 13.0 Å². The third-order valence-electron chi connectivity index (χ3n) is 5.14. The highest BCUT2D eigenvalue weighted by Gasteiger charge is 2.50. The highest BCUT2D eigenvalue weighted by molar-refractivity contribution is 6.99. The van der Waals surface area contributed by atoms with Crippen LogP contribution in [0.15, 0.2) is 60.7 Å². The van der Waals surface area contributed by atoms with Crippen molar-refractivity contribution in [2.24, 2.45) is 0 Å². The first-order chi connectivity index (χ1) is 14.5. The molecule has 2 N–H and O–H groups in total. The molecule has 170 valence electrons. The average Bonchev–Trinajstić information content (AvgIpc) is 2.69. The van der Waals surface area contributed by atoms with E-state index in [4.69, 9.17) is 9.16 Å². The summed E-state index contributed by atoms with van der Waals surface area (Å²) in [4.78, 5) is 12.1. The summed E-state index contributed by atoms with van der Waals surface area (Å²) >= 11 is 0. The molecule has 31 heavy (non-hydrogen) atoms. The van der Waals surface area contributed by atoms with E-state index in [9.17, 15) is 9.90 Å². The summed E-state index contributed by atoms with van der Waals surface area (Å²) in [5, 5.41) is 14.8. The number of rotatable bonds is 8. The lowest BCUT2D eigenvalue weighted by Crippen LogP contribution is -2.66. The first kappa shape index (κ1) is 25.1. The number of benzene rings is 2. The zero-order valence-corrected chi connectivity index (χ0v) is 20.6. The number of hydrogen-bond acceptors (Lipinski definition) is 4. The van der Waals surface area contributed by atoms with Crippen molar-refractivity contribution in [2.45, 2.75) is 64.6 Å². The molecular weight excluding hydrogens is 406 g/mol. The Labute approximate surface area is 187 Å². The lowest BCUT2D eigenvalue weighted by atomic mass is 10.2. The van der Waals surface area contributed by atoms with Gasteiger partial charge in [-0.2, -0.15) is 0 Å². The molecular formula is C25H37NO4Si. The molecule has 0 bridgehead atoms. The van der Waals surface area contributed by atoms with Crippen LogP contribution in [0.25, 0.3) is 0 Å². The standard InChI is InChI=1S/C25H37NO4Si/c1-24(2,3)30-23(28)26-20(19-27)17-18-29-31(25(4,5)6,21-13-9-7-10-14-21)22-15-11-8-12-16-22/h7-16,20,27H,17-19H2,1-6H3,(H,26,28). The fourth-order valence-electron chi connectivity index (χ4n) is 3.80. The molecule has 2 rings (SSSR count). The Morgan fingerprint density at radius 2 is 1.42 bits per heavy atom. The van der Waals surface area contributed by atoms with Crippen molar-refractivity contribution in [3.05, 3.63) is 60.7 Å². The van der Waals surface area contributed by atoms with Crippen molar-refractivity contribution >= 4 is 24.8 Å². The molecule has 0 saturated heterocycles. The molecule has 6 heteroatoms. The largest absolute Gasteiger partial charge is 0.444 e. The minimum Gasteiger partial charge on any atom is -0.444 e. The van der Waals surface area contributed by atoms with E-state index in [0.717, 1.165) is 0 Å². The Hall–Kier alpha value is -2.15. The van der Waals surface area contributed by atoms with Crippen molar-refractivity contribution in [1.29, 1.82) is 0 Å². The Bertz CT molecular complexity index is 773. The maximum Gasteiger partial charge on any atom is 0.407 e. The molecule has 0 saturated carbocycles. The highest BCUT2D eigenvalue weighted by atomic mass is 28.4. The summed E-state index contributed by atoms with van der Waals surface area (Å²) in [6.45, 7) is 12.3. The second-order valence-corrected chi connectivity index (χ2v) is 14.1. The monoisotopic (exact) mass is 443 g/mol. The van der Waals surface area contributed by atoms with Crippen LogP contribution in [-0.2, 0) is 9.16 Å². The SMILES string of the molecule is CC(C)(C)OC(=O)NC(CO)CCO[Si](c1ccccc1)(c1ccccc1)C(C)(C)C. The van der Waals surface area contributed by atoms with Crippen LogP contribution < -0.4 is 15.7 Å². The van der Waals surface area contributed by atoms with E-state index in [1.807, 2.05) is 32.9 Å². The van der Waals surface area contributed by atoms with Gasteiger partial charge in [0.1, 0.15) is 5.60 Å². The van der Waals surface area contributed by atoms with E-state index in [1.54, 1.807) is 0 Å². The second kappa shape index (κ2) is 10.4. The van der Waals surface area contributed by atoms with E-state index >= 15 is 0 Å². The molecule has 5 nitrogen and oxygen atoms in total. The number of alkyl carbamates (subject to hydrolysis) is 1. The lowest BCUT2D eigenvalue weighted by Gasteiger charge is -2.43. The van der Waals surface area contributed by atoms with Crippen LogP contribution in [0.3, 0.4) is 0 Å². The quantitative estimate of drug-likeness (QED) is 0.609. The van der Waals surface area contributed by atoms with Crippen molar-refractivity contribution in [2.75, 3.05) is 13.2 Å². The van der Waals surface area contributed by atoms with Gasteiger partial charge in [-0.15, -0.1) is 0 Å². The molecule has 0 spiro atoms. The molecule has 0 heterocycles. The summed E-state index contributed by atoms with van der Waals surface area (Å²) in [5.74, 6) is 0. The zero-order chi connectivity index (χ0) is 23.1. The number of aliphatic hydroxyl groups is 1. The lowest BCUT2D eigenvalue weighted by molar-refractivity contribution is 0.0473. The number of hydrogen-bond donors (Lipinski definition) is 2. The summed E-state index contributed by atoms with van der Waals surface area (Å²) < 4.78 is 12.1. The summed E-state index contributed by atoms with van der Waals surface area (Å²) in [6.07, 6.45) is -0.0442. The second-order valence-electron chi connectivity index (χ2n) is 9.83. The summed E-state index contributed by atoms with van der Waals surface area (Å²) in [5.41, 5.74) is -0.588. The number of carbonyl (C=O) groups excluding carboxylic acids is 1. The smallest absolute Gasteiger partial charge is 0.407 e. The number of carbonyl (C=O) groups is 1. The minimum atomic E-state index is -2.63. The Morgan fingerprint density at radius 3 is 1.81 bits per heavy atom. The molecule has 0 aliphatic carbocycles. The number of nitrogens with one attached hydrogen (secondary N) is 1. The first-order valence-corrected chi connectivity index (χ1v) is 12.8. The molecule has 1 amide bonds. The van der Waals surface area contributed by atoms with Gasteiger partial charge in [0.2, 0.25) is 0 Å². The molecule has 1 atom stereocenters. The van der Waals surface area contributed by atoms with Crippen LogP contribution >= 0.6 is 0 Å². The van der Waals surface area contributed by atoms with Crippen LogP contribution in [0.1, 0.15) is 48.0 Å². The molecule has 2 aromatic carbocycles. The summed E-state index contributed by atoms with van der Waals surface area (Å²) in [7, 11) is -2.63. The third-order valence-corrected chi connectivity index (χ3v) is 10.2. The van der Waals surface area contributed by atoms with Gasteiger partial charge in [-0.1, -0.05) is 81.4 Å². The van der Waals surface area contributed by atoms with Crippen molar-refractivity contribution in [3.63, 3.8) is 0 Å². The average molecular weight is 444 g/mol. The Balaban J connectivity index is 2.25. The first-order valence-electron chi connectivity index (χ1n) is 10.8. The highest BCUT2D eigenvalue weighted by Crippen LogP contribution is 2.36. The van der Waals surface area contributed by atoms with E-state index < -0.39 is 26.1 Å². The van der Waals surface area contributed by atoms with Gasteiger partial charge in [0, 0.05) is 6.61 Å². The molecule has 0 aromatic heterocycles. The molecule has 2 aromatic rings. The minimum absolute atomic E-state index is 0.122. The van der Waals surface area contributed by atoms with Gasteiger partial charge in [-0.05, 0) is 42.6 Å². The van der Waals surface area contributed by atoms with E-state index in [2.05, 4.69) is 74.6 Å². The topological polar surface area (TPSA) is 67.8 Å². The predicted octanol–water partition coefficient (Wildman–Crippen LogP) is 3.84. The van der Waals surface area contributed by atoms with Crippen molar-refractivity contribution in [3.8, 4) is 0 Å². The summed E-state index contributed by atoms with van der Waals surface area (Å²) in [6, 6.07) is 20.4. The van der Waals surface area contributed by atoms with Gasteiger partial charge >= 0.3 is 6.09 Å². The predicted molar refractivity (Wildman–Crippen MR) is 128 cm³/mol. The fourth-order valence-corrected chi connectivity index (χ4v) is 8.38. The van der Waals surface area contributed by atoms with Crippen LogP contribution in [-0.4, -0.2) is 44.4 Å². The maximum atomic E-state index is 12.1. The van der Waals surface area contributed by atoms with Gasteiger partial charge < -0.3 is 19.6 Å². The van der Waals surface area contributed by atoms with Crippen LogP contribution in [0.4, 0.5) is 4.79 Å². The number of amides is 1. The van der Waals surface area contributed by atoms with Gasteiger partial charge in [0.25, 0.3) is 8.32 Å². The normalized spacial score (nSPS) is 13.5. The van der Waals surface area contributed by atoms with Crippen LogP contribution in [0.2, 0.25) is 5.04 Å². The zero-order valence-electron chi connectivity index (χ0n) is 19.6. The van der Waals surface area contributed by atoms with Crippen molar-refractivity contribution in [1.82, 2.24) is 5.32 Å². The fraction of sp³-hybridized carbons (Fsp3) is 0.480. The molecule has 0 radical (unpaired) electrons. The molecule has 1 unspecified atom stereocenters. The maximum absolute atomic E-state index is 12.1. The third kappa shape index (κ3) is 6.66. The van der Waals surface area contributed by atoms with Crippen LogP contribution in [0.5, 0.6) is 0 Å².